The maximum atomic E-state index is 3.83. The summed E-state index contributed by atoms with van der Waals surface area (Å²) in [5.41, 5.74) is 7.65. The van der Waals surface area contributed by atoms with Crippen LogP contribution < -0.4 is 10.9 Å². The van der Waals surface area contributed by atoms with E-state index in [9.17, 15) is 0 Å². The number of hydrogen-bond donors (Lipinski definition) is 2. The molecule has 2 heteroatoms. The second-order valence-electron chi connectivity index (χ2n) is 5.27. The molecule has 1 unspecified atom stereocenters. The molecule has 0 saturated heterocycles. The quantitative estimate of drug-likeness (QED) is 0.280. The maximum absolute atomic E-state index is 3.83. The van der Waals surface area contributed by atoms with Crippen molar-refractivity contribution in [3.63, 3.8) is 0 Å². The van der Waals surface area contributed by atoms with E-state index in [4.69, 9.17) is 0 Å². The first-order chi connectivity index (χ1) is 9.29. The zero-order valence-electron chi connectivity index (χ0n) is 13.3. The highest BCUT2D eigenvalue weighted by molar-refractivity contribution is 5.11. The SMILES string of the molecule is C=C/C=C(\NNC)C(CCCCC)CCCCCC. The van der Waals surface area contributed by atoms with Crippen molar-refractivity contribution in [3.8, 4) is 0 Å². The third-order valence-electron chi connectivity index (χ3n) is 3.57. The van der Waals surface area contributed by atoms with Gasteiger partial charge in [0.25, 0.3) is 0 Å². The summed E-state index contributed by atoms with van der Waals surface area (Å²) in [6.07, 6.45) is 15.9. The molecule has 0 saturated carbocycles. The van der Waals surface area contributed by atoms with Crippen molar-refractivity contribution in [2.75, 3.05) is 7.05 Å². The van der Waals surface area contributed by atoms with Crippen molar-refractivity contribution >= 4 is 0 Å². The van der Waals surface area contributed by atoms with Crippen LogP contribution in [-0.4, -0.2) is 7.05 Å². The summed E-state index contributed by atoms with van der Waals surface area (Å²) < 4.78 is 0. The maximum Gasteiger partial charge on any atom is 0.0292 e. The molecule has 2 N–H and O–H groups in total. The Morgan fingerprint density at radius 2 is 1.58 bits per heavy atom. The first-order valence-corrected chi connectivity index (χ1v) is 8.05. The Morgan fingerprint density at radius 1 is 1.00 bits per heavy atom. The van der Waals surface area contributed by atoms with Crippen LogP contribution in [0.4, 0.5) is 0 Å². The van der Waals surface area contributed by atoms with E-state index in [-0.39, 0.29) is 0 Å². The zero-order chi connectivity index (χ0) is 14.3. The number of hydrazine groups is 1. The first kappa shape index (κ1) is 18.2. The second-order valence-corrected chi connectivity index (χ2v) is 5.27. The number of rotatable bonds is 13. The highest BCUT2D eigenvalue weighted by atomic mass is 15.3. The third-order valence-corrected chi connectivity index (χ3v) is 3.57. The fourth-order valence-electron chi connectivity index (χ4n) is 2.46. The van der Waals surface area contributed by atoms with Gasteiger partial charge in [-0.25, -0.2) is 5.43 Å². The van der Waals surface area contributed by atoms with E-state index in [1.165, 1.54) is 63.5 Å². The molecule has 0 aromatic heterocycles. The summed E-state index contributed by atoms with van der Waals surface area (Å²) >= 11 is 0. The van der Waals surface area contributed by atoms with Gasteiger partial charge in [0.1, 0.15) is 0 Å². The van der Waals surface area contributed by atoms with E-state index < -0.39 is 0 Å². The van der Waals surface area contributed by atoms with E-state index in [0.717, 1.165) is 0 Å². The summed E-state index contributed by atoms with van der Waals surface area (Å²) in [4.78, 5) is 0. The van der Waals surface area contributed by atoms with Gasteiger partial charge in [-0.05, 0) is 18.9 Å². The Kier molecular flexibility index (Phi) is 13.1. The molecule has 112 valence electrons. The lowest BCUT2D eigenvalue weighted by atomic mass is 9.91. The second kappa shape index (κ2) is 13.7. The molecule has 0 bridgehead atoms. The molecule has 0 fully saturated rings. The van der Waals surface area contributed by atoms with Crippen molar-refractivity contribution < 1.29 is 0 Å². The van der Waals surface area contributed by atoms with Crippen molar-refractivity contribution in [1.29, 1.82) is 0 Å². The normalized spacial score (nSPS) is 13.3. The van der Waals surface area contributed by atoms with Gasteiger partial charge < -0.3 is 5.43 Å². The summed E-state index contributed by atoms with van der Waals surface area (Å²) in [7, 11) is 1.93. The Morgan fingerprint density at radius 3 is 2.11 bits per heavy atom. The molecular weight excluding hydrogens is 232 g/mol. The van der Waals surface area contributed by atoms with Crippen LogP contribution in [0.2, 0.25) is 0 Å². The smallest absolute Gasteiger partial charge is 0.0292 e. The molecule has 0 rings (SSSR count). The Labute approximate surface area is 120 Å². The lowest BCUT2D eigenvalue weighted by Gasteiger charge is -2.21. The van der Waals surface area contributed by atoms with E-state index in [2.05, 4.69) is 37.4 Å². The van der Waals surface area contributed by atoms with E-state index in [1.54, 1.807) is 0 Å². The van der Waals surface area contributed by atoms with Gasteiger partial charge in [-0.15, -0.1) is 0 Å². The molecule has 0 aromatic rings. The fraction of sp³-hybridized carbons (Fsp3) is 0.765. The van der Waals surface area contributed by atoms with Gasteiger partial charge in [-0.2, -0.15) is 0 Å². The Hall–Kier alpha value is -0.760. The van der Waals surface area contributed by atoms with Crippen LogP contribution in [-0.2, 0) is 0 Å². The molecule has 19 heavy (non-hydrogen) atoms. The van der Waals surface area contributed by atoms with Gasteiger partial charge >= 0.3 is 0 Å². The molecule has 1 atom stereocenters. The lowest BCUT2D eigenvalue weighted by molar-refractivity contribution is 0.426. The number of unbranched alkanes of at least 4 members (excludes halogenated alkanes) is 5. The topological polar surface area (TPSA) is 24.1 Å². The van der Waals surface area contributed by atoms with E-state index in [1.807, 2.05) is 13.1 Å². The van der Waals surface area contributed by atoms with Crippen LogP contribution in [0.1, 0.15) is 71.6 Å². The van der Waals surface area contributed by atoms with Crippen LogP contribution in [0.5, 0.6) is 0 Å². The van der Waals surface area contributed by atoms with Gasteiger partial charge in [0.2, 0.25) is 0 Å². The van der Waals surface area contributed by atoms with Crippen LogP contribution in [0, 0.1) is 5.92 Å². The largest absolute Gasteiger partial charge is 0.326 e. The first-order valence-electron chi connectivity index (χ1n) is 8.05. The molecule has 0 aromatic carbocycles. The molecule has 0 heterocycles. The van der Waals surface area contributed by atoms with Crippen molar-refractivity contribution in [2.45, 2.75) is 71.6 Å². The highest BCUT2D eigenvalue weighted by Crippen LogP contribution is 2.23. The lowest BCUT2D eigenvalue weighted by Crippen LogP contribution is -2.30. The average Bonchev–Trinajstić information content (AvgIpc) is 2.41. The van der Waals surface area contributed by atoms with Gasteiger partial charge in [-0.1, -0.05) is 71.4 Å². The minimum atomic E-state index is 0.647. The molecule has 0 aliphatic rings. The summed E-state index contributed by atoms with van der Waals surface area (Å²) in [6, 6.07) is 0. The fourth-order valence-corrected chi connectivity index (χ4v) is 2.46. The zero-order valence-corrected chi connectivity index (χ0v) is 13.3. The minimum absolute atomic E-state index is 0.647. The van der Waals surface area contributed by atoms with Crippen LogP contribution in [0.25, 0.3) is 0 Å². The Balaban J connectivity index is 4.34. The Bertz CT molecular complexity index is 233. The van der Waals surface area contributed by atoms with Gasteiger partial charge in [-0.3, -0.25) is 0 Å². The summed E-state index contributed by atoms with van der Waals surface area (Å²) in [5, 5.41) is 0. The van der Waals surface area contributed by atoms with Crippen LogP contribution in [0.3, 0.4) is 0 Å². The standard InChI is InChI=1S/C17H34N2/c1-5-8-10-12-15-16(14-11-9-6-2)17(13-7-3)19-18-4/h7,13,16,18-19H,3,5-6,8-12,14-15H2,1-2,4H3/b17-13-. The molecular formula is C17H34N2. The van der Waals surface area contributed by atoms with E-state index in [0.29, 0.717) is 5.92 Å². The van der Waals surface area contributed by atoms with E-state index >= 15 is 0 Å². The molecule has 0 amide bonds. The molecule has 0 aliphatic carbocycles. The number of allylic oxidation sites excluding steroid dienone is 3. The number of hydrogen-bond acceptors (Lipinski definition) is 2. The third kappa shape index (κ3) is 9.77. The molecule has 0 aliphatic heterocycles. The predicted octanol–water partition coefficient (Wildman–Crippen LogP) is 4.95. The minimum Gasteiger partial charge on any atom is -0.326 e. The average molecular weight is 266 g/mol. The van der Waals surface area contributed by atoms with Crippen LogP contribution >= 0.6 is 0 Å². The monoisotopic (exact) mass is 266 g/mol. The summed E-state index contributed by atoms with van der Waals surface area (Å²) in [5.74, 6) is 0.647. The highest BCUT2D eigenvalue weighted by Gasteiger charge is 2.13. The van der Waals surface area contributed by atoms with Gasteiger partial charge in [0, 0.05) is 18.7 Å². The van der Waals surface area contributed by atoms with Crippen molar-refractivity contribution in [1.82, 2.24) is 10.9 Å². The predicted molar refractivity (Wildman–Crippen MR) is 86.9 cm³/mol. The van der Waals surface area contributed by atoms with Crippen LogP contribution in [0.15, 0.2) is 24.4 Å². The molecule has 0 spiro atoms. The van der Waals surface area contributed by atoms with Crippen molar-refractivity contribution in [2.24, 2.45) is 5.92 Å². The molecule has 2 nitrogen and oxygen atoms in total. The van der Waals surface area contributed by atoms with Crippen molar-refractivity contribution in [3.05, 3.63) is 24.4 Å². The van der Waals surface area contributed by atoms with Gasteiger partial charge in [0.15, 0.2) is 0 Å². The van der Waals surface area contributed by atoms with Gasteiger partial charge in [0.05, 0.1) is 0 Å². The molecule has 0 radical (unpaired) electrons. The number of nitrogens with one attached hydrogen (secondary N) is 2. The summed E-state index contributed by atoms with van der Waals surface area (Å²) in [6.45, 7) is 8.36.